The van der Waals surface area contributed by atoms with Gasteiger partial charge in [-0.3, -0.25) is 0 Å². The summed E-state index contributed by atoms with van der Waals surface area (Å²) < 4.78 is 14.3. The van der Waals surface area contributed by atoms with Gasteiger partial charge in [-0.05, 0) is 13.8 Å². The van der Waals surface area contributed by atoms with Crippen LogP contribution in [0, 0.1) is 0 Å². The van der Waals surface area contributed by atoms with Gasteiger partial charge in [0, 0.05) is 12.4 Å². The first kappa shape index (κ1) is 6.26. The second-order valence-corrected chi connectivity index (χ2v) is 2.38. The van der Waals surface area contributed by atoms with Gasteiger partial charge in [-0.15, -0.1) is 0 Å². The highest BCUT2D eigenvalue weighted by Gasteiger charge is 2.15. The molecule has 0 radical (unpaired) electrons. The highest BCUT2D eigenvalue weighted by atomic mass is 19.1. The molecule has 1 aromatic heterocycles. The molecule has 1 aromatic rings. The zero-order valence-corrected chi connectivity index (χ0v) is 5.50. The maximum atomic E-state index is 12.9. The lowest BCUT2D eigenvalue weighted by Gasteiger charge is -2.14. The number of rotatable bonds is 1. The van der Waals surface area contributed by atoms with E-state index in [1.807, 2.05) is 0 Å². The summed E-state index contributed by atoms with van der Waals surface area (Å²) in [6.07, 6.45) is 4.61. The molecule has 2 nitrogen and oxygen atoms in total. The van der Waals surface area contributed by atoms with Crippen LogP contribution in [0.25, 0.3) is 0 Å². The first-order valence-electron chi connectivity index (χ1n) is 2.78. The third-order valence-electron chi connectivity index (χ3n) is 1.12. The van der Waals surface area contributed by atoms with Crippen LogP contribution in [0.3, 0.4) is 0 Å². The number of halogens is 1. The lowest BCUT2D eigenvalue weighted by molar-refractivity contribution is 0.120. The average Bonchev–Trinajstić information content (AvgIpc) is 2.08. The van der Waals surface area contributed by atoms with Gasteiger partial charge >= 0.3 is 0 Å². The number of imidazole rings is 1. The molecule has 0 spiro atoms. The van der Waals surface area contributed by atoms with Gasteiger partial charge in [0.15, 0.2) is 5.79 Å². The van der Waals surface area contributed by atoms with Gasteiger partial charge in [-0.25, -0.2) is 9.37 Å². The maximum Gasteiger partial charge on any atom is 0.181 e. The van der Waals surface area contributed by atoms with Gasteiger partial charge in [-0.1, -0.05) is 0 Å². The van der Waals surface area contributed by atoms with E-state index in [0.29, 0.717) is 0 Å². The van der Waals surface area contributed by atoms with Crippen LogP contribution in [0.2, 0.25) is 0 Å². The molecular formula is C6H9FN2. The van der Waals surface area contributed by atoms with E-state index in [2.05, 4.69) is 4.98 Å². The van der Waals surface area contributed by atoms with Gasteiger partial charge in [0.25, 0.3) is 0 Å². The normalized spacial score (nSPS) is 11.9. The van der Waals surface area contributed by atoms with E-state index in [9.17, 15) is 4.39 Å². The molecule has 0 aromatic carbocycles. The second kappa shape index (κ2) is 1.83. The van der Waals surface area contributed by atoms with Crippen molar-refractivity contribution in [3.8, 4) is 0 Å². The predicted octanol–water partition coefficient (Wildman–Crippen LogP) is 1.55. The Morgan fingerprint density at radius 2 is 2.22 bits per heavy atom. The Labute approximate surface area is 53.3 Å². The Morgan fingerprint density at radius 3 is 2.44 bits per heavy atom. The topological polar surface area (TPSA) is 17.8 Å². The Bertz CT molecular complexity index is 173. The van der Waals surface area contributed by atoms with Crippen LogP contribution < -0.4 is 0 Å². The predicted molar refractivity (Wildman–Crippen MR) is 32.7 cm³/mol. The van der Waals surface area contributed by atoms with Gasteiger partial charge in [0.2, 0.25) is 0 Å². The number of alkyl halides is 1. The summed E-state index contributed by atoms with van der Waals surface area (Å²) in [6, 6.07) is 0. The standard InChI is InChI=1S/C6H9FN2/c1-6(2,7)9-4-3-8-5-9/h3-5H,1-2H3. The lowest BCUT2D eigenvalue weighted by atomic mass is 10.3. The third kappa shape index (κ3) is 1.28. The molecule has 0 saturated carbocycles. The van der Waals surface area contributed by atoms with Crippen molar-refractivity contribution in [1.82, 2.24) is 9.55 Å². The summed E-state index contributed by atoms with van der Waals surface area (Å²) >= 11 is 0. The van der Waals surface area contributed by atoms with E-state index in [-0.39, 0.29) is 0 Å². The molecule has 0 aliphatic heterocycles. The van der Waals surface area contributed by atoms with Crippen LogP contribution in [0.1, 0.15) is 13.8 Å². The first-order chi connectivity index (χ1) is 4.11. The van der Waals surface area contributed by atoms with E-state index in [0.717, 1.165) is 0 Å². The summed E-state index contributed by atoms with van der Waals surface area (Å²) in [6.45, 7) is 2.96. The number of aromatic nitrogens is 2. The molecule has 0 saturated heterocycles. The Hall–Kier alpha value is -0.860. The van der Waals surface area contributed by atoms with Crippen molar-refractivity contribution in [2.24, 2.45) is 0 Å². The molecule has 0 bridgehead atoms. The average molecular weight is 128 g/mol. The van der Waals surface area contributed by atoms with Crippen LogP contribution in [-0.2, 0) is 5.79 Å². The Balaban J connectivity index is 2.90. The van der Waals surface area contributed by atoms with Crippen molar-refractivity contribution in [2.75, 3.05) is 0 Å². The molecule has 1 heterocycles. The van der Waals surface area contributed by atoms with E-state index >= 15 is 0 Å². The highest BCUT2D eigenvalue weighted by molar-refractivity contribution is 4.79. The van der Waals surface area contributed by atoms with Gasteiger partial charge in [0.1, 0.15) is 0 Å². The quantitative estimate of drug-likeness (QED) is 0.561. The van der Waals surface area contributed by atoms with Gasteiger partial charge in [-0.2, -0.15) is 0 Å². The van der Waals surface area contributed by atoms with Gasteiger partial charge < -0.3 is 4.57 Å². The van der Waals surface area contributed by atoms with Crippen molar-refractivity contribution in [1.29, 1.82) is 0 Å². The molecular weight excluding hydrogens is 119 g/mol. The zero-order valence-electron chi connectivity index (χ0n) is 5.50. The van der Waals surface area contributed by atoms with Crippen molar-refractivity contribution in [3.05, 3.63) is 18.7 Å². The highest BCUT2D eigenvalue weighted by Crippen LogP contribution is 2.14. The third-order valence-corrected chi connectivity index (χ3v) is 1.12. The smallest absolute Gasteiger partial charge is 0.181 e. The van der Waals surface area contributed by atoms with Crippen LogP contribution in [0.5, 0.6) is 0 Å². The lowest BCUT2D eigenvalue weighted by Crippen LogP contribution is -2.17. The van der Waals surface area contributed by atoms with Crippen LogP contribution in [0.4, 0.5) is 4.39 Å². The van der Waals surface area contributed by atoms with Crippen LogP contribution in [0.15, 0.2) is 18.7 Å². The molecule has 0 N–H and O–H groups in total. The number of nitrogens with zero attached hydrogens (tertiary/aromatic N) is 2. The van der Waals surface area contributed by atoms with Crippen molar-refractivity contribution < 1.29 is 4.39 Å². The molecule has 0 aliphatic carbocycles. The molecule has 9 heavy (non-hydrogen) atoms. The molecule has 0 amide bonds. The molecule has 0 unspecified atom stereocenters. The summed E-state index contributed by atoms with van der Waals surface area (Å²) in [5.41, 5.74) is 0. The van der Waals surface area contributed by atoms with Crippen molar-refractivity contribution >= 4 is 0 Å². The molecule has 3 heteroatoms. The largest absolute Gasteiger partial charge is 0.305 e. The molecule has 1 rings (SSSR count). The fourth-order valence-electron chi connectivity index (χ4n) is 0.574. The number of hydrogen-bond acceptors (Lipinski definition) is 1. The monoisotopic (exact) mass is 128 g/mol. The van der Waals surface area contributed by atoms with Crippen LogP contribution in [-0.4, -0.2) is 9.55 Å². The summed E-state index contributed by atoms with van der Waals surface area (Å²) in [5, 5.41) is 0. The SMILES string of the molecule is CC(C)(F)n1ccnc1. The molecule has 50 valence electrons. The zero-order chi connectivity index (χ0) is 6.91. The van der Waals surface area contributed by atoms with Gasteiger partial charge in [0.05, 0.1) is 6.33 Å². The summed E-state index contributed by atoms with van der Waals surface area (Å²) in [7, 11) is 0. The van der Waals surface area contributed by atoms with E-state index < -0.39 is 5.79 Å². The molecule has 0 fully saturated rings. The Kier molecular flexibility index (Phi) is 1.27. The molecule has 0 aliphatic rings. The summed E-state index contributed by atoms with van der Waals surface area (Å²) in [4.78, 5) is 3.71. The maximum absolute atomic E-state index is 12.9. The second-order valence-electron chi connectivity index (χ2n) is 2.38. The fraction of sp³-hybridized carbons (Fsp3) is 0.500. The van der Waals surface area contributed by atoms with E-state index in [1.54, 1.807) is 12.4 Å². The minimum Gasteiger partial charge on any atom is -0.305 e. The summed E-state index contributed by atoms with van der Waals surface area (Å²) in [5.74, 6) is -1.32. The first-order valence-corrected chi connectivity index (χ1v) is 2.78. The minimum atomic E-state index is -1.32. The van der Waals surface area contributed by atoms with Crippen LogP contribution >= 0.6 is 0 Å². The Morgan fingerprint density at radius 1 is 1.56 bits per heavy atom. The van der Waals surface area contributed by atoms with Crippen molar-refractivity contribution in [2.45, 2.75) is 19.6 Å². The molecule has 0 atom stereocenters. The van der Waals surface area contributed by atoms with Crippen molar-refractivity contribution in [3.63, 3.8) is 0 Å². The fourth-order valence-corrected chi connectivity index (χ4v) is 0.574. The minimum absolute atomic E-state index is 1.32. The van der Waals surface area contributed by atoms with E-state index in [1.165, 1.54) is 24.7 Å². The van der Waals surface area contributed by atoms with E-state index in [4.69, 9.17) is 0 Å². The number of hydrogen-bond donors (Lipinski definition) is 0.